The van der Waals surface area contributed by atoms with Crippen molar-refractivity contribution in [3.05, 3.63) is 35.9 Å². The van der Waals surface area contributed by atoms with Crippen molar-refractivity contribution in [1.82, 2.24) is 14.5 Å². The van der Waals surface area contributed by atoms with Crippen LogP contribution < -0.4 is 0 Å². The molecule has 6 heteroatoms. The van der Waals surface area contributed by atoms with Crippen LogP contribution in [0.5, 0.6) is 0 Å². The van der Waals surface area contributed by atoms with Crippen LogP contribution in [0.25, 0.3) is 11.0 Å². The standard InChI is InChI=1S/C18H20ClN3O2/c1-9(2)18-7-11(18)12(13-14(18)24-17(3,4)23-13)22-6-5-10-15(19)20-8-21-16(10)22/h5-6,8,11-14H,1,7H2,2-4H3/t11-,12-,13+,14+,18-/m1/s1. The maximum Gasteiger partial charge on any atom is 0.163 e. The molecule has 3 aliphatic rings. The number of rotatable bonds is 2. The van der Waals surface area contributed by atoms with Gasteiger partial charge in [-0.1, -0.05) is 23.8 Å². The van der Waals surface area contributed by atoms with E-state index >= 15 is 0 Å². The van der Waals surface area contributed by atoms with Crippen molar-refractivity contribution in [3.8, 4) is 0 Å². The molecule has 0 spiro atoms. The molecule has 2 aromatic heterocycles. The molecule has 1 aliphatic heterocycles. The van der Waals surface area contributed by atoms with Crippen LogP contribution in [0.4, 0.5) is 0 Å². The summed E-state index contributed by atoms with van der Waals surface area (Å²) in [6.45, 7) is 10.3. The molecule has 0 aromatic carbocycles. The Morgan fingerprint density at radius 3 is 2.92 bits per heavy atom. The zero-order chi connectivity index (χ0) is 16.9. The lowest BCUT2D eigenvalue weighted by Crippen LogP contribution is -2.32. The average molecular weight is 346 g/mol. The van der Waals surface area contributed by atoms with Crippen LogP contribution in [-0.2, 0) is 9.47 Å². The highest BCUT2D eigenvalue weighted by atomic mass is 35.5. The molecule has 5 rings (SSSR count). The third-order valence-electron chi connectivity index (χ3n) is 6.02. The Morgan fingerprint density at radius 2 is 2.17 bits per heavy atom. The lowest BCUT2D eigenvalue weighted by molar-refractivity contribution is -0.159. The van der Waals surface area contributed by atoms with Gasteiger partial charge in [-0.3, -0.25) is 0 Å². The van der Waals surface area contributed by atoms with Gasteiger partial charge in [-0.05, 0) is 39.2 Å². The van der Waals surface area contributed by atoms with Gasteiger partial charge < -0.3 is 14.0 Å². The second-order valence-corrected chi connectivity index (χ2v) is 8.13. The van der Waals surface area contributed by atoms with E-state index in [1.807, 2.05) is 19.9 Å². The third-order valence-corrected chi connectivity index (χ3v) is 6.32. The normalized spacial score (nSPS) is 39.0. The Morgan fingerprint density at radius 1 is 1.38 bits per heavy atom. The second kappa shape index (κ2) is 4.40. The van der Waals surface area contributed by atoms with Crippen LogP contribution in [0, 0.1) is 11.3 Å². The Balaban J connectivity index is 1.66. The summed E-state index contributed by atoms with van der Waals surface area (Å²) in [6, 6.07) is 2.16. The maximum atomic E-state index is 6.30. The Kier molecular flexibility index (Phi) is 2.72. The molecular weight excluding hydrogens is 326 g/mol. The predicted molar refractivity (Wildman–Crippen MR) is 90.8 cm³/mol. The highest BCUT2D eigenvalue weighted by molar-refractivity contribution is 6.33. The fourth-order valence-electron chi connectivity index (χ4n) is 4.99. The van der Waals surface area contributed by atoms with Crippen LogP contribution in [0.1, 0.15) is 33.2 Å². The Bertz CT molecular complexity index is 876. The largest absolute Gasteiger partial charge is 0.344 e. The van der Waals surface area contributed by atoms with Crippen molar-refractivity contribution in [3.63, 3.8) is 0 Å². The molecule has 2 aliphatic carbocycles. The molecule has 2 saturated carbocycles. The minimum atomic E-state index is -0.570. The van der Waals surface area contributed by atoms with E-state index in [1.54, 1.807) is 0 Å². The minimum Gasteiger partial charge on any atom is -0.344 e. The van der Waals surface area contributed by atoms with E-state index in [2.05, 4.69) is 34.2 Å². The molecule has 126 valence electrons. The average Bonchev–Trinajstić information content (AvgIpc) is 2.81. The smallest absolute Gasteiger partial charge is 0.163 e. The highest BCUT2D eigenvalue weighted by Crippen LogP contribution is 2.74. The molecule has 0 amide bonds. The number of aromatic nitrogens is 3. The summed E-state index contributed by atoms with van der Waals surface area (Å²) in [5.41, 5.74) is 2.07. The van der Waals surface area contributed by atoms with Gasteiger partial charge in [0.2, 0.25) is 0 Å². The van der Waals surface area contributed by atoms with E-state index in [4.69, 9.17) is 21.1 Å². The SMILES string of the molecule is C=C(C)[C@]12C[C@@H]1[C@@H](n1ccc3c(Cl)ncnc31)[C@@H]1OC(C)(C)O[C@@H]12. The number of hydrogen-bond acceptors (Lipinski definition) is 4. The molecule has 24 heavy (non-hydrogen) atoms. The zero-order valence-electron chi connectivity index (χ0n) is 14.0. The molecule has 0 bridgehead atoms. The molecule has 5 atom stereocenters. The van der Waals surface area contributed by atoms with Crippen LogP contribution in [0.15, 0.2) is 30.7 Å². The molecule has 2 aromatic rings. The van der Waals surface area contributed by atoms with Crippen LogP contribution in [-0.4, -0.2) is 32.5 Å². The zero-order valence-corrected chi connectivity index (χ0v) is 14.7. The van der Waals surface area contributed by atoms with Crippen molar-refractivity contribution in [1.29, 1.82) is 0 Å². The van der Waals surface area contributed by atoms with Gasteiger partial charge in [0.05, 0.1) is 17.5 Å². The summed E-state index contributed by atoms with van der Waals surface area (Å²) in [6.07, 6.45) is 4.71. The van der Waals surface area contributed by atoms with Crippen molar-refractivity contribution >= 4 is 22.6 Å². The van der Waals surface area contributed by atoms with Gasteiger partial charge in [-0.25, -0.2) is 9.97 Å². The first-order chi connectivity index (χ1) is 11.3. The summed E-state index contributed by atoms with van der Waals surface area (Å²) >= 11 is 6.22. The number of ether oxygens (including phenoxy) is 2. The van der Waals surface area contributed by atoms with Gasteiger partial charge in [0.15, 0.2) is 5.79 Å². The Labute approximate surface area is 145 Å². The quantitative estimate of drug-likeness (QED) is 0.614. The van der Waals surface area contributed by atoms with Crippen LogP contribution in [0.3, 0.4) is 0 Å². The number of nitrogens with zero attached hydrogens (tertiary/aromatic N) is 3. The molecule has 0 radical (unpaired) electrons. The van der Waals surface area contributed by atoms with Crippen molar-refractivity contribution in [2.75, 3.05) is 0 Å². The molecule has 3 heterocycles. The number of hydrogen-bond donors (Lipinski definition) is 0. The van der Waals surface area contributed by atoms with E-state index in [0.29, 0.717) is 11.1 Å². The van der Waals surface area contributed by atoms with Crippen molar-refractivity contribution in [2.45, 2.75) is 51.2 Å². The van der Waals surface area contributed by atoms with Gasteiger partial charge in [-0.15, -0.1) is 0 Å². The fourth-order valence-corrected chi connectivity index (χ4v) is 5.18. The molecule has 0 unspecified atom stereocenters. The maximum absolute atomic E-state index is 6.30. The lowest BCUT2D eigenvalue weighted by Gasteiger charge is -2.24. The summed E-state index contributed by atoms with van der Waals surface area (Å²) in [5, 5.41) is 1.36. The van der Waals surface area contributed by atoms with E-state index in [9.17, 15) is 0 Å². The molecule has 3 fully saturated rings. The second-order valence-electron chi connectivity index (χ2n) is 7.77. The predicted octanol–water partition coefficient (Wildman–Crippen LogP) is 3.74. The molecule has 5 nitrogen and oxygen atoms in total. The van der Waals surface area contributed by atoms with E-state index in [1.165, 1.54) is 11.9 Å². The van der Waals surface area contributed by atoms with E-state index in [-0.39, 0.29) is 23.7 Å². The first kappa shape index (κ1) is 14.9. The summed E-state index contributed by atoms with van der Waals surface area (Å²) < 4.78 is 14.8. The first-order valence-corrected chi connectivity index (χ1v) is 8.71. The first-order valence-electron chi connectivity index (χ1n) is 8.34. The number of fused-ring (bicyclic) bond motifs is 4. The summed E-state index contributed by atoms with van der Waals surface area (Å²) in [4.78, 5) is 8.55. The Hall–Kier alpha value is -1.43. The third kappa shape index (κ3) is 1.68. The van der Waals surface area contributed by atoms with Crippen LogP contribution >= 0.6 is 11.6 Å². The van der Waals surface area contributed by atoms with E-state index in [0.717, 1.165) is 17.5 Å². The van der Waals surface area contributed by atoms with Crippen molar-refractivity contribution in [2.24, 2.45) is 11.3 Å². The van der Waals surface area contributed by atoms with E-state index < -0.39 is 5.79 Å². The highest BCUT2D eigenvalue weighted by Gasteiger charge is 2.76. The fraction of sp³-hybridized carbons (Fsp3) is 0.556. The van der Waals surface area contributed by atoms with Gasteiger partial charge in [-0.2, -0.15) is 0 Å². The number of halogens is 1. The van der Waals surface area contributed by atoms with Crippen LogP contribution in [0.2, 0.25) is 5.15 Å². The molecule has 0 N–H and O–H groups in total. The van der Waals surface area contributed by atoms with Gasteiger partial charge >= 0.3 is 0 Å². The molecular formula is C18H20ClN3O2. The van der Waals surface area contributed by atoms with Gasteiger partial charge in [0.1, 0.15) is 23.2 Å². The van der Waals surface area contributed by atoms with Gasteiger partial charge in [0.25, 0.3) is 0 Å². The topological polar surface area (TPSA) is 49.2 Å². The summed E-state index contributed by atoms with van der Waals surface area (Å²) in [5.74, 6) is -0.107. The summed E-state index contributed by atoms with van der Waals surface area (Å²) in [7, 11) is 0. The lowest BCUT2D eigenvalue weighted by atomic mass is 9.92. The minimum absolute atomic E-state index is 0.000194. The molecule has 1 saturated heterocycles. The monoisotopic (exact) mass is 345 g/mol. The van der Waals surface area contributed by atoms with Gasteiger partial charge in [0, 0.05) is 11.6 Å². The van der Waals surface area contributed by atoms with Crippen molar-refractivity contribution < 1.29 is 9.47 Å².